The van der Waals surface area contributed by atoms with Gasteiger partial charge >= 0.3 is 0 Å². The largest absolute Gasteiger partial charge is 0.381 e. The van der Waals surface area contributed by atoms with Gasteiger partial charge in [-0.1, -0.05) is 27.7 Å². The van der Waals surface area contributed by atoms with Crippen LogP contribution in [0.4, 0.5) is 0 Å². The number of methoxy groups -OCH3 is 1. The van der Waals surface area contributed by atoms with E-state index in [1.165, 1.54) is 6.42 Å². The molecule has 0 amide bonds. The first kappa shape index (κ1) is 10.0. The molecule has 5 unspecified atom stereocenters. The molecule has 0 N–H and O–H groups in total. The fraction of sp³-hybridized carbons (Fsp3) is 1.00. The van der Waals surface area contributed by atoms with Crippen LogP contribution in [0.5, 0.6) is 0 Å². The van der Waals surface area contributed by atoms with E-state index >= 15 is 0 Å². The van der Waals surface area contributed by atoms with Crippen molar-refractivity contribution in [3.05, 3.63) is 0 Å². The van der Waals surface area contributed by atoms with Crippen molar-refractivity contribution in [2.75, 3.05) is 7.11 Å². The Bertz CT molecular complexity index is 139. The second-order valence-corrected chi connectivity index (χ2v) is 4.56. The molecule has 1 aliphatic rings. The summed E-state index contributed by atoms with van der Waals surface area (Å²) in [5, 5.41) is 0. The second-order valence-electron chi connectivity index (χ2n) is 4.56. The summed E-state index contributed by atoms with van der Waals surface area (Å²) < 4.78 is 5.49. The van der Waals surface area contributed by atoms with E-state index in [1.54, 1.807) is 0 Å². The van der Waals surface area contributed by atoms with Gasteiger partial charge in [-0.25, -0.2) is 0 Å². The van der Waals surface area contributed by atoms with Crippen molar-refractivity contribution < 1.29 is 4.74 Å². The summed E-state index contributed by atoms with van der Waals surface area (Å²) in [5.41, 5.74) is 0. The fourth-order valence-corrected chi connectivity index (χ4v) is 2.44. The van der Waals surface area contributed by atoms with Crippen LogP contribution in [-0.2, 0) is 4.74 Å². The zero-order valence-electron chi connectivity index (χ0n) is 9.00. The molecular formula is C11H22O. The van der Waals surface area contributed by atoms with Gasteiger partial charge in [0.15, 0.2) is 0 Å². The minimum atomic E-state index is 0.492. The Kier molecular flexibility index (Phi) is 3.16. The van der Waals surface area contributed by atoms with Gasteiger partial charge in [0.05, 0.1) is 6.10 Å². The van der Waals surface area contributed by atoms with E-state index in [4.69, 9.17) is 4.74 Å². The van der Waals surface area contributed by atoms with Crippen LogP contribution >= 0.6 is 0 Å². The quantitative estimate of drug-likeness (QED) is 0.588. The number of hydrogen-bond acceptors (Lipinski definition) is 1. The van der Waals surface area contributed by atoms with Crippen molar-refractivity contribution in [2.45, 2.75) is 40.2 Å². The van der Waals surface area contributed by atoms with E-state index in [2.05, 4.69) is 27.7 Å². The maximum atomic E-state index is 5.49. The Labute approximate surface area is 76.5 Å². The Hall–Kier alpha value is -0.0400. The van der Waals surface area contributed by atoms with Crippen molar-refractivity contribution in [3.63, 3.8) is 0 Å². The molecule has 0 bridgehead atoms. The summed E-state index contributed by atoms with van der Waals surface area (Å²) in [7, 11) is 1.84. The molecule has 0 aromatic heterocycles. The van der Waals surface area contributed by atoms with Crippen LogP contribution in [0.25, 0.3) is 0 Å². The molecule has 0 aliphatic heterocycles. The van der Waals surface area contributed by atoms with Crippen molar-refractivity contribution in [1.29, 1.82) is 0 Å². The highest BCUT2D eigenvalue weighted by atomic mass is 16.5. The van der Waals surface area contributed by atoms with E-state index in [9.17, 15) is 0 Å². The summed E-state index contributed by atoms with van der Waals surface area (Å²) in [5.74, 6) is 3.20. The number of hydrogen-bond donors (Lipinski definition) is 0. The third-order valence-corrected chi connectivity index (χ3v) is 4.05. The molecule has 0 aromatic rings. The first-order valence-corrected chi connectivity index (χ1v) is 5.10. The highest BCUT2D eigenvalue weighted by Crippen LogP contribution is 2.39. The van der Waals surface area contributed by atoms with Crippen LogP contribution in [0.2, 0.25) is 0 Å². The van der Waals surface area contributed by atoms with Gasteiger partial charge in [0.1, 0.15) is 0 Å². The molecule has 0 saturated heterocycles. The van der Waals surface area contributed by atoms with Crippen LogP contribution in [0.3, 0.4) is 0 Å². The molecule has 1 saturated carbocycles. The van der Waals surface area contributed by atoms with Gasteiger partial charge < -0.3 is 4.74 Å². The van der Waals surface area contributed by atoms with E-state index in [0.29, 0.717) is 6.10 Å². The van der Waals surface area contributed by atoms with Crippen LogP contribution in [0, 0.1) is 23.7 Å². The van der Waals surface area contributed by atoms with Gasteiger partial charge in [-0.05, 0) is 30.1 Å². The van der Waals surface area contributed by atoms with E-state index < -0.39 is 0 Å². The highest BCUT2D eigenvalue weighted by molar-refractivity contribution is 4.85. The van der Waals surface area contributed by atoms with Gasteiger partial charge in [0.2, 0.25) is 0 Å². The Morgan fingerprint density at radius 3 is 2.00 bits per heavy atom. The monoisotopic (exact) mass is 170 g/mol. The third kappa shape index (κ3) is 1.66. The molecule has 1 nitrogen and oxygen atoms in total. The first-order valence-electron chi connectivity index (χ1n) is 5.10. The molecule has 1 heteroatoms. The van der Waals surface area contributed by atoms with Crippen molar-refractivity contribution in [1.82, 2.24) is 0 Å². The molecule has 1 aliphatic carbocycles. The molecular weight excluding hydrogens is 148 g/mol. The van der Waals surface area contributed by atoms with Crippen LogP contribution in [0.1, 0.15) is 34.1 Å². The predicted molar refractivity (Wildman–Crippen MR) is 52.1 cm³/mol. The summed E-state index contributed by atoms with van der Waals surface area (Å²) in [4.78, 5) is 0. The second kappa shape index (κ2) is 3.78. The Morgan fingerprint density at radius 2 is 1.50 bits per heavy atom. The van der Waals surface area contributed by atoms with E-state index in [-0.39, 0.29) is 0 Å². The highest BCUT2D eigenvalue weighted by Gasteiger charge is 2.35. The average Bonchev–Trinajstić information content (AvgIpc) is 2.08. The zero-order chi connectivity index (χ0) is 9.30. The molecule has 0 radical (unpaired) electrons. The maximum absolute atomic E-state index is 5.49. The zero-order valence-corrected chi connectivity index (χ0v) is 9.00. The lowest BCUT2D eigenvalue weighted by Crippen LogP contribution is -2.39. The molecule has 1 rings (SSSR count). The first-order chi connectivity index (χ1) is 5.57. The van der Waals surface area contributed by atoms with Crippen molar-refractivity contribution >= 4 is 0 Å². The Balaban J connectivity index is 2.63. The van der Waals surface area contributed by atoms with E-state index in [0.717, 1.165) is 23.7 Å². The average molecular weight is 170 g/mol. The minimum Gasteiger partial charge on any atom is -0.381 e. The number of rotatable bonds is 1. The number of ether oxygens (including phenoxy) is 1. The molecule has 72 valence electrons. The van der Waals surface area contributed by atoms with Gasteiger partial charge in [-0.3, -0.25) is 0 Å². The summed E-state index contributed by atoms with van der Waals surface area (Å²) in [6.07, 6.45) is 1.73. The van der Waals surface area contributed by atoms with E-state index in [1.807, 2.05) is 7.11 Å². The standard InChI is InChI=1S/C11H22O/c1-7-6-11(12-5)10(4)9(3)8(7)2/h7-11H,6H2,1-5H3. The maximum Gasteiger partial charge on any atom is 0.0602 e. The SMILES string of the molecule is COC1CC(C)C(C)C(C)C1C. The van der Waals surface area contributed by atoms with Gasteiger partial charge in [-0.15, -0.1) is 0 Å². The molecule has 0 heterocycles. The Morgan fingerprint density at radius 1 is 0.917 bits per heavy atom. The van der Waals surface area contributed by atoms with Gasteiger partial charge in [0.25, 0.3) is 0 Å². The van der Waals surface area contributed by atoms with Gasteiger partial charge in [-0.2, -0.15) is 0 Å². The molecule has 12 heavy (non-hydrogen) atoms. The normalized spacial score (nSPS) is 49.2. The predicted octanol–water partition coefficient (Wildman–Crippen LogP) is 2.95. The lowest BCUT2D eigenvalue weighted by molar-refractivity contribution is -0.0341. The molecule has 0 spiro atoms. The summed E-state index contributed by atoms with van der Waals surface area (Å²) in [6.45, 7) is 9.40. The summed E-state index contributed by atoms with van der Waals surface area (Å²) in [6, 6.07) is 0. The third-order valence-electron chi connectivity index (χ3n) is 4.05. The van der Waals surface area contributed by atoms with Crippen molar-refractivity contribution in [3.8, 4) is 0 Å². The van der Waals surface area contributed by atoms with Crippen LogP contribution in [-0.4, -0.2) is 13.2 Å². The summed E-state index contributed by atoms with van der Waals surface area (Å²) >= 11 is 0. The topological polar surface area (TPSA) is 9.23 Å². The smallest absolute Gasteiger partial charge is 0.0602 e. The molecule has 0 aromatic carbocycles. The molecule has 5 atom stereocenters. The van der Waals surface area contributed by atoms with Crippen molar-refractivity contribution in [2.24, 2.45) is 23.7 Å². The minimum absolute atomic E-state index is 0.492. The van der Waals surface area contributed by atoms with Crippen LogP contribution in [0.15, 0.2) is 0 Å². The molecule has 1 fully saturated rings. The fourth-order valence-electron chi connectivity index (χ4n) is 2.44. The van der Waals surface area contributed by atoms with Gasteiger partial charge in [0, 0.05) is 7.11 Å². The lowest BCUT2D eigenvalue weighted by atomic mass is 9.68. The van der Waals surface area contributed by atoms with Crippen LogP contribution < -0.4 is 0 Å². The lowest BCUT2D eigenvalue weighted by Gasteiger charge is -2.41.